The SMILES string of the molecule is CCCP(OCCCN(C(=O)Oc1ccc2c(c1)CCC1(N)C2CCC2(C)C(OCCCOC(C(F)(F)F)C(F)(F)F)CCC21)C1CCSSC1)N(C(C)C)C(C)C. The first kappa shape index (κ1) is 48.0. The molecule has 332 valence electrons. The zero-order valence-corrected chi connectivity index (χ0v) is 37.4. The summed E-state index contributed by atoms with van der Waals surface area (Å²) < 4.78 is 103. The van der Waals surface area contributed by atoms with Crippen molar-refractivity contribution in [3.8, 4) is 5.75 Å². The Morgan fingerprint density at radius 1 is 0.966 bits per heavy atom. The van der Waals surface area contributed by atoms with Crippen LogP contribution in [-0.2, 0) is 20.4 Å². The van der Waals surface area contributed by atoms with E-state index in [0.717, 1.165) is 81.0 Å². The molecule has 0 bridgehead atoms. The zero-order chi connectivity index (χ0) is 42.5. The summed E-state index contributed by atoms with van der Waals surface area (Å²) in [7, 11) is 2.91. The molecule has 2 saturated carbocycles. The summed E-state index contributed by atoms with van der Waals surface area (Å²) in [5, 5.41) is 0. The molecule has 0 spiro atoms. The first-order chi connectivity index (χ1) is 27.3. The Bertz CT molecular complexity index is 1470. The molecular formula is C41H64F6N3O5PS2. The van der Waals surface area contributed by atoms with E-state index in [2.05, 4.69) is 57.0 Å². The van der Waals surface area contributed by atoms with Crippen molar-refractivity contribution in [2.45, 2.75) is 160 Å². The zero-order valence-electron chi connectivity index (χ0n) is 34.8. The van der Waals surface area contributed by atoms with Gasteiger partial charge < -0.3 is 29.4 Å². The number of rotatable bonds is 18. The molecule has 1 saturated heterocycles. The molecule has 4 aliphatic rings. The summed E-state index contributed by atoms with van der Waals surface area (Å²) in [5.74, 6) is 2.59. The Balaban J connectivity index is 1.18. The highest BCUT2D eigenvalue weighted by Crippen LogP contribution is 2.62. The van der Waals surface area contributed by atoms with Crippen molar-refractivity contribution in [3.05, 3.63) is 29.3 Å². The quantitative estimate of drug-likeness (QED) is 0.0670. The minimum atomic E-state index is -5.53. The molecule has 8 nitrogen and oxygen atoms in total. The average molecular weight is 888 g/mol. The molecule has 1 heterocycles. The van der Waals surface area contributed by atoms with Gasteiger partial charge in [-0.3, -0.25) is 4.67 Å². The predicted octanol–water partition coefficient (Wildman–Crippen LogP) is 11.1. The van der Waals surface area contributed by atoms with Gasteiger partial charge in [0.25, 0.3) is 0 Å². The molecule has 58 heavy (non-hydrogen) atoms. The molecule has 1 aromatic rings. The third-order valence-corrected chi connectivity index (χ3v) is 17.8. The fourth-order valence-electron chi connectivity index (χ4n) is 10.1. The van der Waals surface area contributed by atoms with Crippen molar-refractivity contribution in [1.82, 2.24) is 9.57 Å². The van der Waals surface area contributed by atoms with Crippen LogP contribution in [0, 0.1) is 11.3 Å². The molecule has 2 N–H and O–H groups in total. The van der Waals surface area contributed by atoms with E-state index in [1.54, 1.807) is 10.8 Å². The monoisotopic (exact) mass is 887 g/mol. The molecule has 7 atom stereocenters. The highest BCUT2D eigenvalue weighted by atomic mass is 33.1. The van der Waals surface area contributed by atoms with Crippen LogP contribution in [0.1, 0.15) is 116 Å². The van der Waals surface area contributed by atoms with Crippen LogP contribution in [0.25, 0.3) is 0 Å². The summed E-state index contributed by atoms with van der Waals surface area (Å²) in [6.07, 6.45) is -7.11. The topological polar surface area (TPSA) is 86.5 Å². The van der Waals surface area contributed by atoms with Gasteiger partial charge in [0.2, 0.25) is 6.10 Å². The van der Waals surface area contributed by atoms with Crippen molar-refractivity contribution in [2.75, 3.05) is 44.0 Å². The number of nitrogens with zero attached hydrogens (tertiary/aromatic N) is 2. The summed E-state index contributed by atoms with van der Waals surface area (Å²) in [5.41, 5.74) is 8.93. The number of aryl methyl sites for hydroxylation is 1. The molecule has 5 rings (SSSR count). The molecule has 7 unspecified atom stereocenters. The van der Waals surface area contributed by atoms with Gasteiger partial charge in [-0.15, -0.1) is 0 Å². The first-order valence-corrected chi connectivity index (χ1v) is 24.9. The number of hydrogen-bond donors (Lipinski definition) is 1. The van der Waals surface area contributed by atoms with E-state index in [4.69, 9.17) is 19.7 Å². The standard InChI is InChI=1S/C41H64F6N3O5PS2/c1-7-23-56(50(27(2)3)28(4)5)54-22-8-19-49(30-16-24-57-58-26-30)37(51)55-31-10-11-32-29(25-31)14-18-39(48)33(32)15-17-38(6)34(39)12-13-35(38)52-20-9-21-53-36(40(42,43)44)41(45,46)47/h10-11,25,27-28,30,33-36H,7-9,12-24,26,48H2,1-6H3. The number of alkyl halides is 6. The lowest BCUT2D eigenvalue weighted by molar-refractivity contribution is -0.322. The highest BCUT2D eigenvalue weighted by Gasteiger charge is 2.61. The summed E-state index contributed by atoms with van der Waals surface area (Å²) in [6, 6.07) is 6.83. The van der Waals surface area contributed by atoms with Crippen molar-refractivity contribution < 1.29 is 49.9 Å². The van der Waals surface area contributed by atoms with Gasteiger partial charge in [0.05, 0.1) is 12.7 Å². The third kappa shape index (κ3) is 11.3. The van der Waals surface area contributed by atoms with Gasteiger partial charge >= 0.3 is 18.4 Å². The summed E-state index contributed by atoms with van der Waals surface area (Å²) >= 11 is 0. The van der Waals surface area contributed by atoms with Crippen LogP contribution in [0.15, 0.2) is 18.2 Å². The minimum absolute atomic E-state index is 0.0000205. The Kier molecular flexibility index (Phi) is 16.9. The van der Waals surface area contributed by atoms with Crippen molar-refractivity contribution >= 4 is 36.0 Å². The second-order valence-electron chi connectivity index (χ2n) is 17.2. The lowest BCUT2D eigenvalue weighted by atomic mass is 9.51. The smallest absolute Gasteiger partial charge is 0.410 e. The maximum Gasteiger partial charge on any atom is 0.423 e. The fraction of sp³-hybridized carbons (Fsp3) is 0.829. The van der Waals surface area contributed by atoms with E-state index in [0.29, 0.717) is 31.0 Å². The van der Waals surface area contributed by atoms with Crippen LogP contribution in [0.2, 0.25) is 0 Å². The number of ether oxygens (including phenoxy) is 3. The number of fused-ring (bicyclic) bond motifs is 5. The van der Waals surface area contributed by atoms with Crippen LogP contribution >= 0.6 is 29.9 Å². The number of hydrogen-bond acceptors (Lipinski definition) is 9. The van der Waals surface area contributed by atoms with Crippen LogP contribution in [-0.4, -0.2) is 108 Å². The lowest BCUT2D eigenvalue weighted by Crippen LogP contribution is -2.61. The average Bonchev–Trinajstić information content (AvgIpc) is 3.48. The van der Waals surface area contributed by atoms with Gasteiger partial charge in [0.15, 0.2) is 0 Å². The van der Waals surface area contributed by atoms with Gasteiger partial charge in [-0.1, -0.05) is 41.5 Å². The molecule has 3 fully saturated rings. The van der Waals surface area contributed by atoms with Gasteiger partial charge in [-0.05, 0) is 126 Å². The van der Waals surface area contributed by atoms with Crippen LogP contribution < -0.4 is 10.5 Å². The molecule has 0 radical (unpaired) electrons. The maximum absolute atomic E-state index is 13.9. The molecule has 17 heteroatoms. The van der Waals surface area contributed by atoms with Crippen molar-refractivity contribution in [3.63, 3.8) is 0 Å². The predicted molar refractivity (Wildman–Crippen MR) is 222 cm³/mol. The Hall–Kier alpha value is -1.00. The number of carbonyl (C=O) groups is 1. The Morgan fingerprint density at radius 3 is 2.33 bits per heavy atom. The number of carbonyl (C=O) groups excluding carboxylic acids is 1. The molecule has 0 aromatic heterocycles. The minimum Gasteiger partial charge on any atom is -0.410 e. The Morgan fingerprint density at radius 2 is 1.69 bits per heavy atom. The second kappa shape index (κ2) is 20.5. The molecule has 1 aliphatic heterocycles. The molecule has 3 aliphatic carbocycles. The largest absolute Gasteiger partial charge is 0.423 e. The number of halogens is 6. The highest BCUT2D eigenvalue weighted by molar-refractivity contribution is 8.76. The molecule has 1 amide bonds. The van der Waals surface area contributed by atoms with Crippen molar-refractivity contribution in [1.29, 1.82) is 0 Å². The van der Waals surface area contributed by atoms with Gasteiger partial charge in [-0.25, -0.2) is 4.79 Å². The van der Waals surface area contributed by atoms with Crippen LogP contribution in [0.3, 0.4) is 0 Å². The third-order valence-electron chi connectivity index (χ3n) is 12.6. The summed E-state index contributed by atoms with van der Waals surface area (Å²) in [6.45, 7) is 13.7. The van der Waals surface area contributed by atoms with Crippen LogP contribution in [0.4, 0.5) is 31.1 Å². The van der Waals surface area contributed by atoms with E-state index in [1.807, 2.05) is 27.8 Å². The van der Waals surface area contributed by atoms with E-state index in [-0.39, 0.29) is 48.5 Å². The van der Waals surface area contributed by atoms with Gasteiger partial charge in [-0.2, -0.15) is 26.3 Å². The van der Waals surface area contributed by atoms with Gasteiger partial charge in [0, 0.05) is 67.0 Å². The molecule has 1 aromatic carbocycles. The number of benzene rings is 1. The fourth-order valence-corrected chi connectivity index (χ4v) is 14.8. The van der Waals surface area contributed by atoms with Crippen LogP contribution in [0.5, 0.6) is 5.75 Å². The van der Waals surface area contributed by atoms with E-state index in [1.165, 1.54) is 5.56 Å². The van der Waals surface area contributed by atoms with Gasteiger partial charge in [0.1, 0.15) is 14.0 Å². The van der Waals surface area contributed by atoms with E-state index in [9.17, 15) is 31.1 Å². The maximum atomic E-state index is 13.9. The number of amides is 1. The van der Waals surface area contributed by atoms with E-state index >= 15 is 0 Å². The summed E-state index contributed by atoms with van der Waals surface area (Å²) in [4.78, 5) is 15.8. The van der Waals surface area contributed by atoms with Crippen molar-refractivity contribution in [2.24, 2.45) is 17.1 Å². The van der Waals surface area contributed by atoms with E-state index < -0.39 is 38.9 Å². The first-order valence-electron chi connectivity index (χ1n) is 21.0. The lowest BCUT2D eigenvalue weighted by Gasteiger charge is -2.56. The number of nitrogens with two attached hydrogens (primary N) is 1. The Labute approximate surface area is 350 Å². The normalized spacial score (nSPS) is 28.2. The second-order valence-corrected chi connectivity index (χ2v) is 21.7. The molecular weight excluding hydrogens is 824 g/mol.